The molecule has 0 fully saturated rings. The van der Waals surface area contributed by atoms with Crippen LogP contribution in [0.2, 0.25) is 0 Å². The second-order valence-electron chi connectivity index (χ2n) is 16.5. The van der Waals surface area contributed by atoms with E-state index in [0.29, 0.717) is 19.4 Å². The first kappa shape index (κ1) is 52.6. The maximum absolute atomic E-state index is 12.3. The lowest BCUT2D eigenvalue weighted by Gasteiger charge is -2.20. The number of rotatable bonds is 44. The Morgan fingerprint density at radius 1 is 0.500 bits per heavy atom. The molecule has 2 unspecified atom stereocenters. The number of carbonyl (C=O) groups excluding carboxylic acids is 2. The molecule has 6 nitrogen and oxygen atoms in total. The predicted octanol–water partition coefficient (Wildman–Crippen LogP) is 13.8. The molecular formula is C48H93NO5. The molecule has 54 heavy (non-hydrogen) atoms. The predicted molar refractivity (Wildman–Crippen MR) is 232 cm³/mol. The lowest BCUT2D eigenvalue weighted by molar-refractivity contribution is -0.143. The van der Waals surface area contributed by atoms with Gasteiger partial charge in [0.05, 0.1) is 25.4 Å². The molecule has 0 aliphatic carbocycles. The number of aliphatic hydroxyl groups excluding tert-OH is 2. The molecule has 1 amide bonds. The van der Waals surface area contributed by atoms with Crippen LogP contribution in [0.5, 0.6) is 0 Å². The Morgan fingerprint density at radius 2 is 0.852 bits per heavy atom. The molecule has 2 atom stereocenters. The van der Waals surface area contributed by atoms with E-state index in [1.807, 2.05) is 6.08 Å². The minimum Gasteiger partial charge on any atom is -0.466 e. The highest BCUT2D eigenvalue weighted by Crippen LogP contribution is 2.16. The lowest BCUT2D eigenvalue weighted by atomic mass is 10.0. The number of amides is 1. The Kier molecular flexibility index (Phi) is 43.2. The fourth-order valence-electron chi connectivity index (χ4n) is 7.34. The van der Waals surface area contributed by atoms with Crippen LogP contribution in [0.15, 0.2) is 12.2 Å². The van der Waals surface area contributed by atoms with E-state index in [1.165, 1.54) is 186 Å². The first-order valence-electron chi connectivity index (χ1n) is 24.0. The SMILES string of the molecule is CCCCCCCCC/C=C/C(O)C(CO)NC(=O)CCCCCCCCCCCCCCCCCCOC(=O)CCCCCCCCCCCCCC. The van der Waals surface area contributed by atoms with Gasteiger partial charge in [-0.15, -0.1) is 0 Å². The third-order valence-electron chi connectivity index (χ3n) is 11.1. The first-order valence-corrected chi connectivity index (χ1v) is 24.0. The van der Waals surface area contributed by atoms with Crippen molar-refractivity contribution < 1.29 is 24.5 Å². The molecule has 6 heteroatoms. The quantitative estimate of drug-likeness (QED) is 0.0326. The van der Waals surface area contributed by atoms with Crippen molar-refractivity contribution in [2.75, 3.05) is 13.2 Å². The number of ether oxygens (including phenoxy) is 1. The Hall–Kier alpha value is -1.40. The van der Waals surface area contributed by atoms with Crippen molar-refractivity contribution in [3.8, 4) is 0 Å². The summed E-state index contributed by atoms with van der Waals surface area (Å²) in [5.74, 6) is -0.0751. The van der Waals surface area contributed by atoms with Gasteiger partial charge in [0.15, 0.2) is 0 Å². The molecular weight excluding hydrogens is 671 g/mol. The van der Waals surface area contributed by atoms with E-state index < -0.39 is 12.1 Å². The van der Waals surface area contributed by atoms with Crippen LogP contribution < -0.4 is 5.32 Å². The van der Waals surface area contributed by atoms with Crippen molar-refractivity contribution in [3.05, 3.63) is 12.2 Å². The van der Waals surface area contributed by atoms with Crippen LogP contribution in [0.3, 0.4) is 0 Å². The number of esters is 1. The van der Waals surface area contributed by atoms with Crippen LogP contribution in [0.25, 0.3) is 0 Å². The minimum absolute atomic E-state index is 0.00226. The maximum atomic E-state index is 12.3. The summed E-state index contributed by atoms with van der Waals surface area (Å²) in [6.07, 6.45) is 49.2. The van der Waals surface area contributed by atoms with E-state index in [9.17, 15) is 19.8 Å². The summed E-state index contributed by atoms with van der Waals surface area (Å²) in [5, 5.41) is 22.9. The van der Waals surface area contributed by atoms with Crippen molar-refractivity contribution in [1.29, 1.82) is 0 Å². The van der Waals surface area contributed by atoms with Gasteiger partial charge in [0.25, 0.3) is 0 Å². The third kappa shape index (κ3) is 40.3. The van der Waals surface area contributed by atoms with E-state index in [-0.39, 0.29) is 18.5 Å². The van der Waals surface area contributed by atoms with Gasteiger partial charge in [-0.3, -0.25) is 9.59 Å². The summed E-state index contributed by atoms with van der Waals surface area (Å²) in [4.78, 5) is 24.3. The fraction of sp³-hybridized carbons (Fsp3) is 0.917. The average molecular weight is 764 g/mol. The molecule has 0 saturated heterocycles. The summed E-state index contributed by atoms with van der Waals surface area (Å²) in [6, 6.07) is -0.629. The van der Waals surface area contributed by atoms with Crippen molar-refractivity contribution in [2.24, 2.45) is 0 Å². The van der Waals surface area contributed by atoms with Gasteiger partial charge in [-0.2, -0.15) is 0 Å². The molecule has 0 aliphatic rings. The second-order valence-corrected chi connectivity index (χ2v) is 16.5. The number of carbonyl (C=O) groups is 2. The summed E-state index contributed by atoms with van der Waals surface area (Å²) >= 11 is 0. The molecule has 0 aliphatic heterocycles. The fourth-order valence-corrected chi connectivity index (χ4v) is 7.34. The number of unbranched alkanes of at least 4 members (excludes halogenated alkanes) is 33. The lowest BCUT2D eigenvalue weighted by Crippen LogP contribution is -2.45. The standard InChI is InChI=1S/C48H93NO5/c1-3-5-7-9-11-13-14-22-26-30-34-38-42-48(53)54-43-39-35-31-27-23-20-18-16-15-17-19-21-25-29-33-37-41-47(52)49-45(44-50)46(51)40-36-32-28-24-12-10-8-6-4-2/h36,40,45-46,50-51H,3-35,37-39,41-44H2,1-2H3,(H,49,52)/b40-36+. The van der Waals surface area contributed by atoms with E-state index in [0.717, 1.165) is 44.9 Å². The average Bonchev–Trinajstić information content (AvgIpc) is 3.17. The monoisotopic (exact) mass is 764 g/mol. The van der Waals surface area contributed by atoms with Crippen molar-refractivity contribution in [1.82, 2.24) is 5.32 Å². The number of hydrogen-bond acceptors (Lipinski definition) is 5. The summed E-state index contributed by atoms with van der Waals surface area (Å²) in [7, 11) is 0. The van der Waals surface area contributed by atoms with Gasteiger partial charge in [0, 0.05) is 12.8 Å². The molecule has 0 aromatic carbocycles. The molecule has 0 saturated carbocycles. The van der Waals surface area contributed by atoms with E-state index >= 15 is 0 Å². The van der Waals surface area contributed by atoms with Gasteiger partial charge in [0.2, 0.25) is 5.91 Å². The van der Waals surface area contributed by atoms with E-state index in [2.05, 4.69) is 19.2 Å². The van der Waals surface area contributed by atoms with Crippen LogP contribution in [0.4, 0.5) is 0 Å². The zero-order chi connectivity index (χ0) is 39.4. The van der Waals surface area contributed by atoms with Gasteiger partial charge in [-0.25, -0.2) is 0 Å². The highest BCUT2D eigenvalue weighted by atomic mass is 16.5. The second kappa shape index (κ2) is 44.3. The normalized spacial score (nSPS) is 12.7. The van der Waals surface area contributed by atoms with Gasteiger partial charge in [-0.1, -0.05) is 225 Å². The number of allylic oxidation sites excluding steroid dienone is 1. The first-order chi connectivity index (χ1) is 26.5. The molecule has 0 radical (unpaired) electrons. The van der Waals surface area contributed by atoms with Gasteiger partial charge in [-0.05, 0) is 32.1 Å². The molecule has 0 aromatic heterocycles. The molecule has 0 rings (SSSR count). The Bertz CT molecular complexity index is 802. The highest BCUT2D eigenvalue weighted by molar-refractivity contribution is 5.76. The molecule has 0 spiro atoms. The van der Waals surface area contributed by atoms with Gasteiger partial charge >= 0.3 is 5.97 Å². The summed E-state index contributed by atoms with van der Waals surface area (Å²) in [5.41, 5.74) is 0. The molecule has 0 bridgehead atoms. The van der Waals surface area contributed by atoms with Gasteiger partial charge in [0.1, 0.15) is 0 Å². The maximum Gasteiger partial charge on any atom is 0.305 e. The van der Waals surface area contributed by atoms with Crippen molar-refractivity contribution in [2.45, 2.75) is 270 Å². The Morgan fingerprint density at radius 3 is 1.26 bits per heavy atom. The Labute approximate surface area is 336 Å². The van der Waals surface area contributed by atoms with E-state index in [1.54, 1.807) is 6.08 Å². The van der Waals surface area contributed by atoms with Crippen LogP contribution >= 0.6 is 0 Å². The van der Waals surface area contributed by atoms with Crippen LogP contribution in [0, 0.1) is 0 Å². The van der Waals surface area contributed by atoms with Crippen LogP contribution in [0.1, 0.15) is 258 Å². The van der Waals surface area contributed by atoms with Crippen molar-refractivity contribution in [3.63, 3.8) is 0 Å². The number of nitrogens with one attached hydrogen (secondary N) is 1. The largest absolute Gasteiger partial charge is 0.466 e. The smallest absolute Gasteiger partial charge is 0.305 e. The summed E-state index contributed by atoms with van der Waals surface area (Å²) < 4.78 is 5.45. The minimum atomic E-state index is -0.845. The van der Waals surface area contributed by atoms with E-state index in [4.69, 9.17) is 4.74 Å². The molecule has 3 N–H and O–H groups in total. The number of hydrogen-bond donors (Lipinski definition) is 3. The van der Waals surface area contributed by atoms with Crippen LogP contribution in [-0.4, -0.2) is 47.4 Å². The van der Waals surface area contributed by atoms with Crippen molar-refractivity contribution >= 4 is 11.9 Å². The molecule has 0 aromatic rings. The summed E-state index contributed by atoms with van der Waals surface area (Å²) in [6.45, 7) is 4.86. The van der Waals surface area contributed by atoms with Crippen LogP contribution in [-0.2, 0) is 14.3 Å². The zero-order valence-corrected chi connectivity index (χ0v) is 36.2. The Balaban J connectivity index is 3.42. The zero-order valence-electron chi connectivity index (χ0n) is 36.2. The third-order valence-corrected chi connectivity index (χ3v) is 11.1. The highest BCUT2D eigenvalue weighted by Gasteiger charge is 2.18. The molecule has 320 valence electrons. The topological polar surface area (TPSA) is 95.9 Å². The van der Waals surface area contributed by atoms with Gasteiger partial charge < -0.3 is 20.3 Å². The number of aliphatic hydroxyl groups is 2. The molecule has 0 heterocycles.